The van der Waals surface area contributed by atoms with Crippen molar-refractivity contribution in [3.05, 3.63) is 24.6 Å². The van der Waals surface area contributed by atoms with Crippen LogP contribution in [0, 0.1) is 0 Å². The molecule has 0 unspecified atom stereocenters. The van der Waals surface area contributed by atoms with Crippen LogP contribution in [-0.2, 0) is 4.79 Å². The summed E-state index contributed by atoms with van der Waals surface area (Å²) >= 11 is 0. The topological polar surface area (TPSA) is 69.8 Å². The molecule has 0 saturated carbocycles. The number of rotatable bonds is 3. The molecule has 1 aliphatic rings. The Morgan fingerprint density at radius 2 is 2.20 bits per heavy atom. The molecule has 0 radical (unpaired) electrons. The second-order valence-electron chi connectivity index (χ2n) is 4.98. The molecular formula is C14H17N3O3. The van der Waals surface area contributed by atoms with Gasteiger partial charge in [0.15, 0.2) is 0 Å². The lowest BCUT2D eigenvalue weighted by atomic mass is 10.3. The molecule has 3 heterocycles. The molecule has 0 aromatic carbocycles. The number of aliphatic carboxylic acids is 1. The fraction of sp³-hybridized carbons (Fsp3) is 0.429. The van der Waals surface area contributed by atoms with Gasteiger partial charge < -0.3 is 14.4 Å². The molecule has 20 heavy (non-hydrogen) atoms. The van der Waals surface area contributed by atoms with Gasteiger partial charge in [0.1, 0.15) is 11.4 Å². The van der Waals surface area contributed by atoms with E-state index in [1.807, 2.05) is 17.0 Å². The second kappa shape index (κ2) is 5.50. The van der Waals surface area contributed by atoms with Gasteiger partial charge in [-0.25, -0.2) is 4.98 Å². The summed E-state index contributed by atoms with van der Waals surface area (Å²) in [7, 11) is 0. The smallest absolute Gasteiger partial charge is 0.317 e. The van der Waals surface area contributed by atoms with E-state index in [4.69, 9.17) is 9.52 Å². The minimum atomic E-state index is -0.770. The van der Waals surface area contributed by atoms with Gasteiger partial charge in [-0.05, 0) is 18.6 Å². The summed E-state index contributed by atoms with van der Waals surface area (Å²) in [5.41, 5.74) is 0.835. The molecule has 1 N–H and O–H groups in total. The minimum Gasteiger partial charge on any atom is -0.480 e. The van der Waals surface area contributed by atoms with E-state index in [1.165, 1.54) is 0 Å². The van der Waals surface area contributed by atoms with Crippen LogP contribution in [-0.4, -0.2) is 53.7 Å². The fourth-order valence-corrected chi connectivity index (χ4v) is 2.66. The Morgan fingerprint density at radius 3 is 3.05 bits per heavy atom. The first-order chi connectivity index (χ1) is 9.74. The van der Waals surface area contributed by atoms with Gasteiger partial charge in [-0.1, -0.05) is 0 Å². The first-order valence-corrected chi connectivity index (χ1v) is 6.75. The first kappa shape index (κ1) is 12.9. The van der Waals surface area contributed by atoms with Crippen LogP contribution in [0.15, 0.2) is 29.0 Å². The zero-order chi connectivity index (χ0) is 13.9. The number of carbonyl (C=O) groups is 1. The number of pyridine rings is 1. The molecule has 0 amide bonds. The van der Waals surface area contributed by atoms with E-state index in [9.17, 15) is 4.79 Å². The molecule has 6 nitrogen and oxygen atoms in total. The average molecular weight is 275 g/mol. The van der Waals surface area contributed by atoms with Gasteiger partial charge in [0.2, 0.25) is 0 Å². The van der Waals surface area contributed by atoms with Crippen LogP contribution in [0.4, 0.5) is 5.82 Å². The van der Waals surface area contributed by atoms with Gasteiger partial charge in [0, 0.05) is 32.4 Å². The lowest BCUT2D eigenvalue weighted by molar-refractivity contribution is -0.138. The van der Waals surface area contributed by atoms with Crippen LogP contribution in [0.5, 0.6) is 0 Å². The van der Waals surface area contributed by atoms with Crippen molar-refractivity contribution in [3.8, 4) is 0 Å². The van der Waals surface area contributed by atoms with Crippen molar-refractivity contribution in [2.24, 2.45) is 0 Å². The van der Waals surface area contributed by atoms with Gasteiger partial charge >= 0.3 is 5.97 Å². The third-order valence-corrected chi connectivity index (χ3v) is 3.61. The lowest BCUT2D eigenvalue weighted by Gasteiger charge is -2.22. The maximum Gasteiger partial charge on any atom is 0.317 e. The molecule has 2 aromatic rings. The Balaban J connectivity index is 1.78. The van der Waals surface area contributed by atoms with Crippen molar-refractivity contribution in [3.63, 3.8) is 0 Å². The number of carboxylic acid groups (broad SMARTS) is 1. The summed E-state index contributed by atoms with van der Waals surface area (Å²) in [6.07, 6.45) is 4.36. The van der Waals surface area contributed by atoms with Crippen LogP contribution in [0.1, 0.15) is 6.42 Å². The molecule has 1 saturated heterocycles. The normalized spacial score (nSPS) is 17.3. The molecular weight excluding hydrogens is 258 g/mol. The molecule has 3 rings (SSSR count). The highest BCUT2D eigenvalue weighted by atomic mass is 16.4. The third-order valence-electron chi connectivity index (χ3n) is 3.61. The molecule has 6 heteroatoms. The van der Waals surface area contributed by atoms with Crippen molar-refractivity contribution in [1.82, 2.24) is 9.88 Å². The molecule has 2 aromatic heterocycles. The SMILES string of the molecule is O=C(O)CN1CCCN(c2nccc3occc23)CC1. The van der Waals surface area contributed by atoms with Crippen LogP contribution < -0.4 is 4.90 Å². The number of anilines is 1. The van der Waals surface area contributed by atoms with Crippen molar-refractivity contribution in [2.45, 2.75) is 6.42 Å². The number of hydrogen-bond acceptors (Lipinski definition) is 5. The number of nitrogens with zero attached hydrogens (tertiary/aromatic N) is 3. The van der Waals surface area contributed by atoms with Crippen LogP contribution in [0.2, 0.25) is 0 Å². The highest BCUT2D eigenvalue weighted by molar-refractivity contribution is 5.88. The molecule has 0 spiro atoms. The molecule has 1 aliphatic heterocycles. The molecule has 0 aliphatic carbocycles. The van der Waals surface area contributed by atoms with Crippen molar-refractivity contribution in [2.75, 3.05) is 37.6 Å². The monoisotopic (exact) mass is 275 g/mol. The number of hydrogen-bond donors (Lipinski definition) is 1. The summed E-state index contributed by atoms with van der Waals surface area (Å²) in [6, 6.07) is 3.78. The average Bonchev–Trinajstić information content (AvgIpc) is 2.79. The fourth-order valence-electron chi connectivity index (χ4n) is 2.66. The Kier molecular flexibility index (Phi) is 3.56. The summed E-state index contributed by atoms with van der Waals surface area (Å²) in [5.74, 6) is 0.155. The number of fused-ring (bicyclic) bond motifs is 1. The van der Waals surface area contributed by atoms with E-state index in [2.05, 4.69) is 9.88 Å². The van der Waals surface area contributed by atoms with Gasteiger partial charge in [0.05, 0.1) is 18.2 Å². The predicted molar refractivity (Wildman–Crippen MR) is 74.9 cm³/mol. The molecule has 0 atom stereocenters. The van der Waals surface area contributed by atoms with Gasteiger partial charge in [-0.15, -0.1) is 0 Å². The summed E-state index contributed by atoms with van der Waals surface area (Å²) < 4.78 is 5.40. The summed E-state index contributed by atoms with van der Waals surface area (Å²) in [6.45, 7) is 3.32. The molecule has 106 valence electrons. The van der Waals surface area contributed by atoms with Gasteiger partial charge in [-0.2, -0.15) is 0 Å². The Bertz CT molecular complexity index is 610. The summed E-state index contributed by atoms with van der Waals surface area (Å²) in [5, 5.41) is 9.89. The predicted octanol–water partition coefficient (Wildman–Crippen LogP) is 1.42. The second-order valence-corrected chi connectivity index (χ2v) is 4.98. The first-order valence-electron chi connectivity index (χ1n) is 6.75. The lowest BCUT2D eigenvalue weighted by Crippen LogP contribution is -2.34. The number of furan rings is 1. The van der Waals surface area contributed by atoms with Crippen LogP contribution in [0.25, 0.3) is 11.0 Å². The minimum absolute atomic E-state index is 0.108. The van der Waals surface area contributed by atoms with Crippen molar-refractivity contribution in [1.29, 1.82) is 0 Å². The van der Waals surface area contributed by atoms with E-state index in [1.54, 1.807) is 12.5 Å². The quantitative estimate of drug-likeness (QED) is 0.913. The van der Waals surface area contributed by atoms with Crippen molar-refractivity contribution >= 4 is 22.8 Å². The highest BCUT2D eigenvalue weighted by Crippen LogP contribution is 2.25. The van der Waals surface area contributed by atoms with Gasteiger partial charge in [0.25, 0.3) is 0 Å². The Morgan fingerprint density at radius 1 is 1.30 bits per heavy atom. The van der Waals surface area contributed by atoms with E-state index >= 15 is 0 Å². The Labute approximate surface area is 116 Å². The van der Waals surface area contributed by atoms with E-state index in [0.29, 0.717) is 0 Å². The van der Waals surface area contributed by atoms with Gasteiger partial charge in [-0.3, -0.25) is 9.69 Å². The maximum absolute atomic E-state index is 10.8. The maximum atomic E-state index is 10.8. The zero-order valence-electron chi connectivity index (χ0n) is 11.2. The van der Waals surface area contributed by atoms with Crippen LogP contribution >= 0.6 is 0 Å². The third kappa shape index (κ3) is 2.60. The van der Waals surface area contributed by atoms with Crippen LogP contribution in [0.3, 0.4) is 0 Å². The molecule has 0 bridgehead atoms. The summed E-state index contributed by atoms with van der Waals surface area (Å²) in [4.78, 5) is 19.4. The highest BCUT2D eigenvalue weighted by Gasteiger charge is 2.19. The van der Waals surface area contributed by atoms with E-state index < -0.39 is 5.97 Å². The number of carboxylic acids is 1. The molecule has 1 fully saturated rings. The Hall–Kier alpha value is -2.08. The van der Waals surface area contributed by atoms with Crippen molar-refractivity contribution < 1.29 is 14.3 Å². The standard InChI is InChI=1S/C14H17N3O3/c18-13(19)10-16-5-1-6-17(8-7-16)14-11-3-9-20-12(11)2-4-15-14/h2-4,9H,1,5-8,10H2,(H,18,19). The number of aromatic nitrogens is 1. The van der Waals surface area contributed by atoms with E-state index in [0.717, 1.165) is 49.4 Å². The van der Waals surface area contributed by atoms with E-state index in [-0.39, 0.29) is 6.54 Å². The largest absolute Gasteiger partial charge is 0.480 e. The zero-order valence-corrected chi connectivity index (χ0v) is 11.2.